The average molecular weight is 502 g/mol. The van der Waals surface area contributed by atoms with Crippen LogP contribution in [0.15, 0.2) is 30.7 Å². The Labute approximate surface area is 212 Å². The first-order chi connectivity index (χ1) is 17.0. The van der Waals surface area contributed by atoms with Crippen LogP contribution in [0.3, 0.4) is 0 Å². The molecule has 1 fully saturated rings. The first kappa shape index (κ1) is 27.2. The van der Waals surface area contributed by atoms with Gasteiger partial charge in [0.1, 0.15) is 23.5 Å². The molecule has 0 atom stereocenters. The van der Waals surface area contributed by atoms with E-state index in [9.17, 15) is 14.0 Å². The maximum Gasteiger partial charge on any atom is 0.410 e. The number of amides is 2. The zero-order valence-corrected chi connectivity index (χ0v) is 21.9. The zero-order valence-electron chi connectivity index (χ0n) is 21.9. The second-order valence-electron chi connectivity index (χ2n) is 10.0. The molecule has 2 aromatic rings. The minimum Gasteiger partial charge on any atom is -0.451 e. The molecule has 1 aliphatic heterocycles. The van der Waals surface area contributed by atoms with Gasteiger partial charge in [-0.3, -0.25) is 4.79 Å². The first-order valence-electron chi connectivity index (χ1n) is 12.3. The SMILES string of the molecule is CCN(C(=O)c1cc(F)ccc1Oc1cncnc1NC1CCN(C(=O)OC(C)(C)C)CC1)C(C)C. The Kier molecular flexibility index (Phi) is 8.70. The quantitative estimate of drug-likeness (QED) is 0.564. The van der Waals surface area contributed by atoms with Crippen molar-refractivity contribution in [2.24, 2.45) is 0 Å². The lowest BCUT2D eigenvalue weighted by atomic mass is 10.1. The molecule has 0 spiro atoms. The van der Waals surface area contributed by atoms with Crippen LogP contribution in [0.5, 0.6) is 11.5 Å². The van der Waals surface area contributed by atoms with Crippen molar-refractivity contribution < 1.29 is 23.5 Å². The molecule has 1 aromatic carbocycles. The van der Waals surface area contributed by atoms with Crippen LogP contribution in [0.2, 0.25) is 0 Å². The van der Waals surface area contributed by atoms with Crippen molar-refractivity contribution in [3.63, 3.8) is 0 Å². The average Bonchev–Trinajstić information content (AvgIpc) is 2.81. The fraction of sp³-hybridized carbons (Fsp3) is 0.538. The summed E-state index contributed by atoms with van der Waals surface area (Å²) in [5.74, 6) is 0.158. The molecule has 0 saturated carbocycles. The molecule has 10 heteroatoms. The zero-order chi connectivity index (χ0) is 26.5. The van der Waals surface area contributed by atoms with E-state index in [-0.39, 0.29) is 35.4 Å². The lowest BCUT2D eigenvalue weighted by Crippen LogP contribution is -2.44. The molecule has 0 bridgehead atoms. The van der Waals surface area contributed by atoms with Crippen molar-refractivity contribution in [2.75, 3.05) is 25.0 Å². The van der Waals surface area contributed by atoms with E-state index in [4.69, 9.17) is 9.47 Å². The van der Waals surface area contributed by atoms with Crippen molar-refractivity contribution >= 4 is 17.8 Å². The van der Waals surface area contributed by atoms with Crippen molar-refractivity contribution in [1.82, 2.24) is 19.8 Å². The third-order valence-electron chi connectivity index (χ3n) is 5.78. The Morgan fingerprint density at radius 1 is 1.22 bits per heavy atom. The molecule has 9 nitrogen and oxygen atoms in total. The number of hydrogen-bond acceptors (Lipinski definition) is 7. The third kappa shape index (κ3) is 7.05. The number of benzene rings is 1. The molecule has 1 N–H and O–H groups in total. The number of nitrogens with one attached hydrogen (secondary N) is 1. The van der Waals surface area contributed by atoms with Crippen molar-refractivity contribution in [3.8, 4) is 11.5 Å². The van der Waals surface area contributed by atoms with Gasteiger partial charge in [0.2, 0.25) is 0 Å². The largest absolute Gasteiger partial charge is 0.451 e. The monoisotopic (exact) mass is 501 g/mol. The fourth-order valence-corrected chi connectivity index (χ4v) is 4.00. The smallest absolute Gasteiger partial charge is 0.410 e. The summed E-state index contributed by atoms with van der Waals surface area (Å²) in [5, 5.41) is 3.37. The van der Waals surface area contributed by atoms with Gasteiger partial charge in [0, 0.05) is 31.7 Å². The number of ether oxygens (including phenoxy) is 2. The standard InChI is InChI=1S/C26H36FN5O4/c1-7-32(17(2)3)24(33)20-14-18(27)8-9-21(20)35-22-15-28-16-29-23(22)30-19-10-12-31(13-11-19)25(34)36-26(4,5)6/h8-9,14-17,19H,7,10-13H2,1-6H3,(H,28,29,30). The fourth-order valence-electron chi connectivity index (χ4n) is 4.00. The molecule has 1 saturated heterocycles. The van der Waals surface area contributed by atoms with Crippen LogP contribution in [0.1, 0.15) is 64.7 Å². The number of halogens is 1. The molecule has 2 amide bonds. The second-order valence-corrected chi connectivity index (χ2v) is 10.0. The van der Waals surface area contributed by atoms with Crippen LogP contribution < -0.4 is 10.1 Å². The Morgan fingerprint density at radius 3 is 2.53 bits per heavy atom. The first-order valence-corrected chi connectivity index (χ1v) is 12.3. The molecule has 2 heterocycles. The van der Waals surface area contributed by atoms with Gasteiger partial charge < -0.3 is 24.6 Å². The maximum atomic E-state index is 14.1. The van der Waals surface area contributed by atoms with E-state index in [0.717, 1.165) is 0 Å². The molecule has 36 heavy (non-hydrogen) atoms. The highest BCUT2D eigenvalue weighted by atomic mass is 19.1. The Morgan fingerprint density at radius 2 is 1.92 bits per heavy atom. The van der Waals surface area contributed by atoms with Crippen molar-refractivity contribution in [2.45, 2.75) is 72.1 Å². The van der Waals surface area contributed by atoms with Crippen LogP contribution >= 0.6 is 0 Å². The van der Waals surface area contributed by atoms with Gasteiger partial charge >= 0.3 is 6.09 Å². The summed E-state index contributed by atoms with van der Waals surface area (Å²) in [6.45, 7) is 12.8. The van der Waals surface area contributed by atoms with Crippen LogP contribution in [0.25, 0.3) is 0 Å². The molecule has 1 aliphatic rings. The topological polar surface area (TPSA) is 96.9 Å². The van der Waals surface area contributed by atoms with Gasteiger partial charge in [-0.1, -0.05) is 0 Å². The van der Waals surface area contributed by atoms with Crippen molar-refractivity contribution in [3.05, 3.63) is 42.1 Å². The number of aromatic nitrogens is 2. The van der Waals surface area contributed by atoms with Crippen LogP contribution in [0.4, 0.5) is 15.0 Å². The number of hydrogen-bond donors (Lipinski definition) is 1. The lowest BCUT2D eigenvalue weighted by Gasteiger charge is -2.34. The molecule has 196 valence electrons. The third-order valence-corrected chi connectivity index (χ3v) is 5.78. The van der Waals surface area contributed by atoms with Gasteiger partial charge in [-0.25, -0.2) is 19.2 Å². The van der Waals surface area contributed by atoms with Crippen LogP contribution in [-0.4, -0.2) is 69.1 Å². The van der Waals surface area contributed by atoms with Gasteiger partial charge in [0.05, 0.1) is 11.8 Å². The van der Waals surface area contributed by atoms with E-state index in [1.807, 2.05) is 41.5 Å². The molecular weight excluding hydrogens is 465 g/mol. The van der Waals surface area contributed by atoms with Crippen molar-refractivity contribution in [1.29, 1.82) is 0 Å². The molecule has 0 radical (unpaired) electrons. The molecule has 0 unspecified atom stereocenters. The predicted octanol–water partition coefficient (Wildman–Crippen LogP) is 5.09. The molecule has 3 rings (SSSR count). The van der Waals surface area contributed by atoms with E-state index in [2.05, 4.69) is 15.3 Å². The van der Waals surface area contributed by atoms with Gasteiger partial charge in [-0.05, 0) is 72.6 Å². The Balaban J connectivity index is 1.73. The van der Waals surface area contributed by atoms with E-state index in [0.29, 0.717) is 44.0 Å². The second kappa shape index (κ2) is 11.5. The van der Waals surface area contributed by atoms with E-state index >= 15 is 0 Å². The van der Waals surface area contributed by atoms with Gasteiger partial charge in [-0.15, -0.1) is 0 Å². The predicted molar refractivity (Wildman–Crippen MR) is 135 cm³/mol. The molecular formula is C26H36FN5O4. The highest BCUT2D eigenvalue weighted by Crippen LogP contribution is 2.32. The highest BCUT2D eigenvalue weighted by molar-refractivity contribution is 5.97. The maximum absolute atomic E-state index is 14.1. The number of likely N-dealkylation sites (tertiary alicyclic amines) is 1. The normalized spacial score (nSPS) is 14.5. The highest BCUT2D eigenvalue weighted by Gasteiger charge is 2.28. The molecule has 0 aliphatic carbocycles. The Hall–Kier alpha value is -3.43. The van der Waals surface area contributed by atoms with Gasteiger partial charge in [0.25, 0.3) is 5.91 Å². The summed E-state index contributed by atoms with van der Waals surface area (Å²) >= 11 is 0. The summed E-state index contributed by atoms with van der Waals surface area (Å²) in [4.78, 5) is 37.2. The number of rotatable bonds is 7. The van der Waals surface area contributed by atoms with E-state index in [1.165, 1.54) is 30.7 Å². The number of anilines is 1. The van der Waals surface area contributed by atoms with Gasteiger partial charge in [0.15, 0.2) is 11.6 Å². The van der Waals surface area contributed by atoms with E-state index in [1.54, 1.807) is 9.80 Å². The van der Waals surface area contributed by atoms with Crippen LogP contribution in [-0.2, 0) is 4.74 Å². The summed E-state index contributed by atoms with van der Waals surface area (Å²) in [7, 11) is 0. The summed E-state index contributed by atoms with van der Waals surface area (Å²) in [6, 6.07) is 3.87. The van der Waals surface area contributed by atoms with Crippen LogP contribution in [0, 0.1) is 5.82 Å². The summed E-state index contributed by atoms with van der Waals surface area (Å²) in [6.07, 6.45) is 3.98. The van der Waals surface area contributed by atoms with Gasteiger partial charge in [-0.2, -0.15) is 0 Å². The minimum atomic E-state index is -0.538. The van der Waals surface area contributed by atoms with E-state index < -0.39 is 11.4 Å². The lowest BCUT2D eigenvalue weighted by molar-refractivity contribution is 0.0210. The number of carbonyl (C=O) groups excluding carboxylic acids is 2. The summed E-state index contributed by atoms with van der Waals surface area (Å²) in [5.41, 5.74) is -0.408. The number of piperidine rings is 1. The molecule has 1 aromatic heterocycles. The number of nitrogens with zero attached hydrogens (tertiary/aromatic N) is 4. The minimum absolute atomic E-state index is 0.0479. The number of carbonyl (C=O) groups is 2. The Bertz CT molecular complexity index is 1060. The summed E-state index contributed by atoms with van der Waals surface area (Å²) < 4.78 is 25.6.